The van der Waals surface area contributed by atoms with Gasteiger partial charge in [-0.15, -0.1) is 0 Å². The maximum absolute atomic E-state index is 12.9. The molecule has 2 heterocycles. The Bertz CT molecular complexity index is 1740. The summed E-state index contributed by atoms with van der Waals surface area (Å²) in [6.45, 7) is 1.83. The Kier molecular flexibility index (Phi) is 7.25. The highest BCUT2D eigenvalue weighted by Gasteiger charge is 2.36. The van der Waals surface area contributed by atoms with Crippen LogP contribution in [0.15, 0.2) is 81.2 Å². The fraction of sp³-hybridized carbons (Fsp3) is 0.0769. The molecule has 9 nitrogen and oxygen atoms in total. The number of methoxy groups -OCH3 is 1. The smallest absolute Gasteiger partial charge is 0.339 e. The average Bonchev–Trinajstić information content (AvgIpc) is 3.32. The van der Waals surface area contributed by atoms with Crippen molar-refractivity contribution in [2.75, 3.05) is 7.11 Å². The van der Waals surface area contributed by atoms with Gasteiger partial charge in [0.05, 0.1) is 22.7 Å². The van der Waals surface area contributed by atoms with Crippen molar-refractivity contribution in [2.45, 2.75) is 11.8 Å². The van der Waals surface area contributed by atoms with E-state index in [0.29, 0.717) is 21.2 Å². The van der Waals surface area contributed by atoms with Gasteiger partial charge in [-0.1, -0.05) is 59.1 Å². The third kappa shape index (κ3) is 5.30. The monoisotopic (exact) mass is 600 g/mol. The Balaban J connectivity index is 1.46. The number of nitrogens with one attached hydrogen (secondary N) is 1. The van der Waals surface area contributed by atoms with Crippen LogP contribution in [0, 0.1) is 12.3 Å². The average molecular weight is 601 g/mol. The number of hydrogen-bond donors (Lipinski definition) is 1. The van der Waals surface area contributed by atoms with Crippen LogP contribution in [0.1, 0.15) is 16.7 Å². The SMILES string of the molecule is COc1cc(/C=C2/C(=N)N3N=C(c4ccccc4Cl)SC3=NC2=O)cc(Cl)c1OS(=O)(=O)c1ccc(C)cc1. The molecule has 3 aromatic carbocycles. The number of fused-ring (bicyclic) bond motifs is 1. The molecular weight excluding hydrogens is 583 g/mol. The van der Waals surface area contributed by atoms with E-state index in [9.17, 15) is 13.2 Å². The topological polar surface area (TPSA) is 121 Å². The number of aryl methyl sites for hydroxylation is 1. The van der Waals surface area contributed by atoms with Crippen LogP contribution in [-0.2, 0) is 14.9 Å². The first kappa shape index (κ1) is 26.9. The molecule has 0 fully saturated rings. The Morgan fingerprint density at radius 1 is 1.05 bits per heavy atom. The molecule has 0 unspecified atom stereocenters. The lowest BCUT2D eigenvalue weighted by Gasteiger charge is -2.20. The van der Waals surface area contributed by atoms with Gasteiger partial charge in [0.15, 0.2) is 11.6 Å². The van der Waals surface area contributed by atoms with Crippen LogP contribution < -0.4 is 8.92 Å². The lowest BCUT2D eigenvalue weighted by molar-refractivity contribution is -0.114. The first-order valence-corrected chi connectivity index (χ1v) is 14.2. The second kappa shape index (κ2) is 10.5. The van der Waals surface area contributed by atoms with Crippen molar-refractivity contribution < 1.29 is 22.1 Å². The molecule has 0 atom stereocenters. The summed E-state index contributed by atoms with van der Waals surface area (Å²) in [6.07, 6.45) is 1.39. The van der Waals surface area contributed by atoms with Crippen molar-refractivity contribution in [3.63, 3.8) is 0 Å². The van der Waals surface area contributed by atoms with Gasteiger partial charge in [0, 0.05) is 5.56 Å². The maximum Gasteiger partial charge on any atom is 0.339 e. The van der Waals surface area contributed by atoms with Gasteiger partial charge in [0.2, 0.25) is 10.9 Å². The Morgan fingerprint density at radius 3 is 2.46 bits per heavy atom. The van der Waals surface area contributed by atoms with E-state index in [4.69, 9.17) is 37.5 Å². The number of halogens is 2. The first-order chi connectivity index (χ1) is 18.6. The summed E-state index contributed by atoms with van der Waals surface area (Å²) in [6, 6.07) is 16.1. The van der Waals surface area contributed by atoms with Crippen molar-refractivity contribution >= 4 is 73.1 Å². The molecule has 13 heteroatoms. The van der Waals surface area contributed by atoms with E-state index in [-0.39, 0.29) is 38.0 Å². The van der Waals surface area contributed by atoms with Crippen LogP contribution in [0.3, 0.4) is 0 Å². The number of rotatable bonds is 6. The molecule has 3 aromatic rings. The van der Waals surface area contributed by atoms with Crippen LogP contribution in [-0.4, -0.2) is 42.5 Å². The van der Waals surface area contributed by atoms with Gasteiger partial charge in [0.1, 0.15) is 9.94 Å². The number of hydrazone groups is 1. The molecule has 2 aliphatic heterocycles. The molecule has 5 rings (SSSR count). The zero-order valence-corrected chi connectivity index (χ0v) is 23.5. The zero-order chi connectivity index (χ0) is 27.9. The summed E-state index contributed by atoms with van der Waals surface area (Å²) < 4.78 is 36.3. The third-order valence-corrected chi connectivity index (χ3v) is 8.41. The van der Waals surface area contributed by atoms with Crippen molar-refractivity contribution in [1.29, 1.82) is 5.41 Å². The molecule has 0 aromatic heterocycles. The number of amides is 1. The highest BCUT2D eigenvalue weighted by atomic mass is 35.5. The van der Waals surface area contributed by atoms with E-state index >= 15 is 0 Å². The van der Waals surface area contributed by atoms with Crippen molar-refractivity contribution in [3.05, 3.63) is 93.0 Å². The summed E-state index contributed by atoms with van der Waals surface area (Å²) in [5.74, 6) is -1.04. The molecular formula is C26H18Cl2N4O5S2. The Morgan fingerprint density at radius 2 is 1.77 bits per heavy atom. The van der Waals surface area contributed by atoms with Crippen molar-refractivity contribution in [3.8, 4) is 11.5 Å². The number of carbonyl (C=O) groups is 1. The van der Waals surface area contributed by atoms with Crippen LogP contribution >= 0.6 is 35.0 Å². The van der Waals surface area contributed by atoms with Gasteiger partial charge in [-0.2, -0.15) is 23.5 Å². The molecule has 39 heavy (non-hydrogen) atoms. The van der Waals surface area contributed by atoms with Crippen LogP contribution in [0.5, 0.6) is 11.5 Å². The molecule has 198 valence electrons. The van der Waals surface area contributed by atoms with E-state index in [0.717, 1.165) is 17.3 Å². The summed E-state index contributed by atoms with van der Waals surface area (Å²) in [7, 11) is -2.88. The maximum atomic E-state index is 12.9. The molecule has 0 bridgehead atoms. The molecule has 0 saturated heterocycles. The first-order valence-electron chi connectivity index (χ1n) is 11.2. The third-order valence-electron chi connectivity index (χ3n) is 5.62. The summed E-state index contributed by atoms with van der Waals surface area (Å²) >= 11 is 13.8. The molecule has 1 N–H and O–H groups in total. The number of hydrogen-bond acceptors (Lipinski definition) is 8. The molecule has 1 amide bonds. The number of ether oxygens (including phenoxy) is 1. The number of thioether (sulfide) groups is 1. The van der Waals surface area contributed by atoms with Gasteiger partial charge < -0.3 is 8.92 Å². The van der Waals surface area contributed by atoms with Gasteiger partial charge in [-0.05, 0) is 60.7 Å². The fourth-order valence-electron chi connectivity index (χ4n) is 3.67. The molecule has 0 radical (unpaired) electrons. The molecule has 0 spiro atoms. The fourth-order valence-corrected chi connectivity index (χ4v) is 6.14. The second-order valence-electron chi connectivity index (χ2n) is 8.29. The summed E-state index contributed by atoms with van der Waals surface area (Å²) in [5.41, 5.74) is 1.84. The normalized spacial score (nSPS) is 16.2. The van der Waals surface area contributed by atoms with Crippen molar-refractivity contribution in [1.82, 2.24) is 5.01 Å². The quantitative estimate of drug-likeness (QED) is 0.282. The van der Waals surface area contributed by atoms with Crippen LogP contribution in [0.4, 0.5) is 0 Å². The second-order valence-corrected chi connectivity index (χ2v) is 11.6. The zero-order valence-electron chi connectivity index (χ0n) is 20.3. The van der Waals surface area contributed by atoms with Gasteiger partial charge in [-0.25, -0.2) is 0 Å². The van der Waals surface area contributed by atoms with Crippen molar-refractivity contribution in [2.24, 2.45) is 10.1 Å². The minimum absolute atomic E-state index is 0.0137. The highest BCUT2D eigenvalue weighted by molar-refractivity contribution is 8.27. The van der Waals surface area contributed by atoms with E-state index < -0.39 is 16.0 Å². The number of amidine groups is 2. The minimum atomic E-state index is -4.20. The summed E-state index contributed by atoms with van der Waals surface area (Å²) in [4.78, 5) is 16.9. The predicted molar refractivity (Wildman–Crippen MR) is 153 cm³/mol. The van der Waals surface area contributed by atoms with E-state index in [1.165, 1.54) is 42.5 Å². The lowest BCUT2D eigenvalue weighted by Crippen LogP contribution is -2.35. The standard InChI is InChI=1S/C26H18Cl2N4O5S2/c1-14-7-9-16(10-8-14)39(34,35)37-22-20(28)12-15(13-21(22)36-2)11-18-23(29)32-26(30-24(18)33)38-25(31-32)17-5-3-4-6-19(17)27/h3-13,29H,1-2H3/b18-11-,29-23?. The lowest BCUT2D eigenvalue weighted by atomic mass is 10.1. The van der Waals surface area contributed by atoms with Crippen LogP contribution in [0.2, 0.25) is 10.0 Å². The van der Waals surface area contributed by atoms with Gasteiger partial charge in [0.25, 0.3) is 5.91 Å². The molecule has 2 aliphatic rings. The van der Waals surface area contributed by atoms with E-state index in [1.54, 1.807) is 30.3 Å². The predicted octanol–water partition coefficient (Wildman–Crippen LogP) is 5.75. The van der Waals surface area contributed by atoms with Gasteiger partial charge in [-0.3, -0.25) is 10.2 Å². The number of carbonyl (C=O) groups excluding carboxylic acids is 1. The number of aliphatic imine (C=N–C) groups is 1. The summed E-state index contributed by atoms with van der Waals surface area (Å²) in [5, 5.41) is 15.4. The number of benzene rings is 3. The Labute approximate surface area is 238 Å². The molecule has 0 saturated carbocycles. The van der Waals surface area contributed by atoms with E-state index in [2.05, 4.69) is 10.1 Å². The van der Waals surface area contributed by atoms with Gasteiger partial charge >= 0.3 is 10.1 Å². The molecule has 0 aliphatic carbocycles. The largest absolute Gasteiger partial charge is 0.493 e. The number of nitrogens with zero attached hydrogens (tertiary/aromatic N) is 3. The van der Waals surface area contributed by atoms with Crippen LogP contribution in [0.25, 0.3) is 6.08 Å². The highest BCUT2D eigenvalue weighted by Crippen LogP contribution is 2.39. The minimum Gasteiger partial charge on any atom is -0.493 e. The van der Waals surface area contributed by atoms with E-state index in [1.807, 2.05) is 13.0 Å². The Hall–Kier alpha value is -3.64.